The molecule has 0 spiro atoms. The minimum atomic E-state index is -0.115. The Hall–Kier alpha value is -1.35. The third-order valence-electron chi connectivity index (χ3n) is 3.23. The highest BCUT2D eigenvalue weighted by Crippen LogP contribution is 2.08. The lowest BCUT2D eigenvalue weighted by Crippen LogP contribution is -2.35. The standard InChI is InChI=1S/C17H27NO2/c1-5-18(11-14(2)3)12-15(4)17(19)20-13-16-9-7-6-8-10-16/h6-10,14-15H,5,11-13H2,1-4H3. The van der Waals surface area contributed by atoms with Crippen molar-refractivity contribution >= 4 is 5.97 Å². The Kier molecular flexibility index (Phi) is 7.31. The molecule has 0 saturated heterocycles. The van der Waals surface area contributed by atoms with Gasteiger partial charge in [0.25, 0.3) is 0 Å². The third-order valence-corrected chi connectivity index (χ3v) is 3.23. The van der Waals surface area contributed by atoms with Gasteiger partial charge in [0.05, 0.1) is 5.92 Å². The fraction of sp³-hybridized carbons (Fsp3) is 0.588. The second-order valence-electron chi connectivity index (χ2n) is 5.74. The van der Waals surface area contributed by atoms with E-state index in [0.29, 0.717) is 12.5 Å². The molecular formula is C17H27NO2. The highest BCUT2D eigenvalue weighted by Gasteiger charge is 2.18. The summed E-state index contributed by atoms with van der Waals surface area (Å²) < 4.78 is 5.37. The van der Waals surface area contributed by atoms with Crippen LogP contribution in [-0.2, 0) is 16.1 Å². The minimum Gasteiger partial charge on any atom is -0.461 e. The molecule has 3 heteroatoms. The first kappa shape index (κ1) is 16.7. The summed E-state index contributed by atoms with van der Waals surface area (Å²) in [7, 11) is 0. The van der Waals surface area contributed by atoms with E-state index in [0.717, 1.165) is 25.2 Å². The minimum absolute atomic E-state index is 0.0857. The average molecular weight is 277 g/mol. The number of carbonyl (C=O) groups is 1. The number of ether oxygens (including phenoxy) is 1. The van der Waals surface area contributed by atoms with Crippen molar-refractivity contribution in [3.05, 3.63) is 35.9 Å². The number of carbonyl (C=O) groups excluding carboxylic acids is 1. The van der Waals surface area contributed by atoms with E-state index in [1.54, 1.807) is 0 Å². The average Bonchev–Trinajstić information content (AvgIpc) is 2.44. The molecule has 20 heavy (non-hydrogen) atoms. The molecule has 0 heterocycles. The van der Waals surface area contributed by atoms with Crippen LogP contribution < -0.4 is 0 Å². The lowest BCUT2D eigenvalue weighted by Gasteiger charge is -2.25. The highest BCUT2D eigenvalue weighted by molar-refractivity contribution is 5.72. The normalized spacial score (nSPS) is 12.7. The van der Waals surface area contributed by atoms with Gasteiger partial charge in [-0.3, -0.25) is 4.79 Å². The van der Waals surface area contributed by atoms with Gasteiger partial charge < -0.3 is 9.64 Å². The summed E-state index contributed by atoms with van der Waals surface area (Å²) in [6, 6.07) is 9.80. The zero-order chi connectivity index (χ0) is 15.0. The Morgan fingerprint density at radius 2 is 1.80 bits per heavy atom. The molecule has 0 aliphatic rings. The van der Waals surface area contributed by atoms with E-state index in [4.69, 9.17) is 4.74 Å². The number of hydrogen-bond acceptors (Lipinski definition) is 3. The van der Waals surface area contributed by atoms with E-state index in [1.807, 2.05) is 37.3 Å². The van der Waals surface area contributed by atoms with E-state index in [2.05, 4.69) is 25.7 Å². The third kappa shape index (κ3) is 6.20. The molecule has 1 unspecified atom stereocenters. The molecule has 0 fully saturated rings. The maximum Gasteiger partial charge on any atom is 0.310 e. The van der Waals surface area contributed by atoms with Crippen LogP contribution in [0.3, 0.4) is 0 Å². The van der Waals surface area contributed by atoms with Crippen molar-refractivity contribution in [2.75, 3.05) is 19.6 Å². The predicted octanol–water partition coefficient (Wildman–Crippen LogP) is 3.34. The summed E-state index contributed by atoms with van der Waals surface area (Å²) in [6.45, 7) is 11.6. The molecule has 3 nitrogen and oxygen atoms in total. The van der Waals surface area contributed by atoms with Gasteiger partial charge in [-0.25, -0.2) is 0 Å². The number of esters is 1. The summed E-state index contributed by atoms with van der Waals surface area (Å²) in [5, 5.41) is 0. The van der Waals surface area contributed by atoms with Crippen LogP contribution in [0.1, 0.15) is 33.3 Å². The summed E-state index contributed by atoms with van der Waals surface area (Å²) >= 11 is 0. The van der Waals surface area contributed by atoms with E-state index in [9.17, 15) is 4.79 Å². The van der Waals surface area contributed by atoms with Gasteiger partial charge in [-0.2, -0.15) is 0 Å². The molecule has 0 aliphatic carbocycles. The second kappa shape index (κ2) is 8.75. The fourth-order valence-corrected chi connectivity index (χ4v) is 2.18. The van der Waals surface area contributed by atoms with Crippen molar-refractivity contribution in [1.29, 1.82) is 0 Å². The van der Waals surface area contributed by atoms with Crippen LogP contribution >= 0.6 is 0 Å². The Morgan fingerprint density at radius 3 is 2.35 bits per heavy atom. The van der Waals surface area contributed by atoms with Crippen LogP contribution in [0.15, 0.2) is 30.3 Å². The summed E-state index contributed by atoms with van der Waals surface area (Å²) in [5.74, 6) is 0.413. The van der Waals surface area contributed by atoms with Gasteiger partial charge >= 0.3 is 5.97 Å². The Labute approximate surface area is 122 Å². The first-order valence-electron chi connectivity index (χ1n) is 7.45. The highest BCUT2D eigenvalue weighted by atomic mass is 16.5. The second-order valence-corrected chi connectivity index (χ2v) is 5.74. The lowest BCUT2D eigenvalue weighted by molar-refractivity contribution is -0.150. The molecule has 0 aromatic heterocycles. The van der Waals surface area contributed by atoms with E-state index in [-0.39, 0.29) is 11.9 Å². The molecule has 0 saturated carbocycles. The largest absolute Gasteiger partial charge is 0.461 e. The van der Waals surface area contributed by atoms with Gasteiger partial charge in [-0.1, -0.05) is 58.0 Å². The summed E-state index contributed by atoms with van der Waals surface area (Å²) in [5.41, 5.74) is 1.03. The topological polar surface area (TPSA) is 29.5 Å². The number of hydrogen-bond donors (Lipinski definition) is 0. The first-order chi connectivity index (χ1) is 9.52. The van der Waals surface area contributed by atoms with Crippen LogP contribution in [0, 0.1) is 11.8 Å². The Morgan fingerprint density at radius 1 is 1.15 bits per heavy atom. The molecule has 1 atom stereocenters. The number of benzene rings is 1. The quantitative estimate of drug-likeness (QED) is 0.683. The van der Waals surface area contributed by atoms with E-state index < -0.39 is 0 Å². The summed E-state index contributed by atoms with van der Waals surface area (Å²) in [4.78, 5) is 14.3. The zero-order valence-corrected chi connectivity index (χ0v) is 13.1. The molecule has 0 amide bonds. The SMILES string of the molecule is CCN(CC(C)C)CC(C)C(=O)OCc1ccccc1. The van der Waals surface area contributed by atoms with Crippen LogP contribution in [0.25, 0.3) is 0 Å². The monoisotopic (exact) mass is 277 g/mol. The fourth-order valence-electron chi connectivity index (χ4n) is 2.18. The van der Waals surface area contributed by atoms with Crippen molar-refractivity contribution in [3.8, 4) is 0 Å². The molecule has 1 aromatic carbocycles. The molecule has 0 N–H and O–H groups in total. The van der Waals surface area contributed by atoms with Gasteiger partial charge in [0.1, 0.15) is 6.61 Å². The number of rotatable bonds is 8. The van der Waals surface area contributed by atoms with Crippen molar-refractivity contribution in [3.63, 3.8) is 0 Å². The van der Waals surface area contributed by atoms with Crippen molar-refractivity contribution in [2.24, 2.45) is 11.8 Å². The first-order valence-corrected chi connectivity index (χ1v) is 7.45. The summed E-state index contributed by atoms with van der Waals surface area (Å²) in [6.07, 6.45) is 0. The van der Waals surface area contributed by atoms with Crippen LogP contribution in [0.5, 0.6) is 0 Å². The molecule has 0 bridgehead atoms. The zero-order valence-electron chi connectivity index (χ0n) is 13.1. The molecule has 1 rings (SSSR count). The van der Waals surface area contributed by atoms with Crippen molar-refractivity contribution < 1.29 is 9.53 Å². The molecule has 1 aromatic rings. The van der Waals surface area contributed by atoms with Gasteiger partial charge in [0.2, 0.25) is 0 Å². The smallest absolute Gasteiger partial charge is 0.310 e. The Bertz CT molecular complexity index is 389. The van der Waals surface area contributed by atoms with Gasteiger partial charge in [0, 0.05) is 13.1 Å². The molecule has 0 radical (unpaired) electrons. The van der Waals surface area contributed by atoms with Gasteiger partial charge in [-0.15, -0.1) is 0 Å². The molecular weight excluding hydrogens is 250 g/mol. The maximum absolute atomic E-state index is 12.0. The van der Waals surface area contributed by atoms with Gasteiger partial charge in [0.15, 0.2) is 0 Å². The van der Waals surface area contributed by atoms with Crippen LogP contribution in [0.4, 0.5) is 0 Å². The van der Waals surface area contributed by atoms with Gasteiger partial charge in [-0.05, 0) is 18.0 Å². The predicted molar refractivity (Wildman–Crippen MR) is 82.4 cm³/mol. The van der Waals surface area contributed by atoms with Crippen LogP contribution in [0.2, 0.25) is 0 Å². The number of nitrogens with zero attached hydrogens (tertiary/aromatic N) is 1. The maximum atomic E-state index is 12.0. The van der Waals surface area contributed by atoms with E-state index in [1.165, 1.54) is 0 Å². The lowest BCUT2D eigenvalue weighted by atomic mass is 10.1. The van der Waals surface area contributed by atoms with Crippen molar-refractivity contribution in [2.45, 2.75) is 34.3 Å². The molecule has 112 valence electrons. The van der Waals surface area contributed by atoms with Crippen molar-refractivity contribution in [1.82, 2.24) is 4.90 Å². The molecule has 0 aliphatic heterocycles. The van der Waals surface area contributed by atoms with Crippen LogP contribution in [-0.4, -0.2) is 30.5 Å². The Balaban J connectivity index is 2.38. The van der Waals surface area contributed by atoms with E-state index >= 15 is 0 Å².